The number of carbonyl (C=O) groups is 1. The van der Waals surface area contributed by atoms with E-state index in [-0.39, 0.29) is 5.91 Å². The maximum absolute atomic E-state index is 11.9. The van der Waals surface area contributed by atoms with Gasteiger partial charge in [-0.15, -0.1) is 0 Å². The molecule has 3 nitrogen and oxygen atoms in total. The number of hydrogen-bond acceptors (Lipinski definition) is 2. The Morgan fingerprint density at radius 1 is 1.14 bits per heavy atom. The summed E-state index contributed by atoms with van der Waals surface area (Å²) in [7, 11) is 0. The average molecular weight is 303 g/mol. The van der Waals surface area contributed by atoms with Crippen LogP contribution in [0.3, 0.4) is 0 Å². The van der Waals surface area contributed by atoms with Gasteiger partial charge in [-0.2, -0.15) is 0 Å². The van der Waals surface area contributed by atoms with Crippen LogP contribution in [0.1, 0.15) is 17.5 Å². The number of carbonyl (C=O) groups excluding carboxylic acids is 1. The highest BCUT2D eigenvalue weighted by Gasteiger charge is 2.05. The van der Waals surface area contributed by atoms with Crippen molar-refractivity contribution >= 4 is 23.2 Å². The van der Waals surface area contributed by atoms with Gasteiger partial charge >= 0.3 is 0 Å². The van der Waals surface area contributed by atoms with Gasteiger partial charge in [0.25, 0.3) is 0 Å². The monoisotopic (exact) mass is 302 g/mol. The molecule has 110 valence electrons. The molecule has 2 aromatic carbocycles. The van der Waals surface area contributed by atoms with E-state index in [0.29, 0.717) is 18.0 Å². The van der Waals surface area contributed by atoms with Gasteiger partial charge < -0.3 is 10.6 Å². The lowest BCUT2D eigenvalue weighted by Crippen LogP contribution is -2.21. The summed E-state index contributed by atoms with van der Waals surface area (Å²) in [4.78, 5) is 11.9. The highest BCUT2D eigenvalue weighted by Crippen LogP contribution is 2.20. The summed E-state index contributed by atoms with van der Waals surface area (Å²) in [5, 5.41) is 6.77. The molecule has 21 heavy (non-hydrogen) atoms. The summed E-state index contributed by atoms with van der Waals surface area (Å²) >= 11 is 5.93. The molecular weight excluding hydrogens is 284 g/mol. The molecule has 2 N–H and O–H groups in total. The number of hydrogen-bond donors (Lipinski definition) is 2. The van der Waals surface area contributed by atoms with E-state index in [1.54, 1.807) is 6.07 Å². The molecule has 0 aliphatic rings. The van der Waals surface area contributed by atoms with Gasteiger partial charge in [-0.25, -0.2) is 0 Å². The van der Waals surface area contributed by atoms with E-state index in [1.807, 2.05) is 37.3 Å². The predicted octanol–water partition coefficient (Wildman–Crippen LogP) is 3.77. The summed E-state index contributed by atoms with van der Waals surface area (Å²) in [6, 6.07) is 15.6. The van der Waals surface area contributed by atoms with E-state index >= 15 is 0 Å². The van der Waals surface area contributed by atoms with Gasteiger partial charge in [0, 0.05) is 30.2 Å². The highest BCUT2D eigenvalue weighted by atomic mass is 35.5. The zero-order valence-electron chi connectivity index (χ0n) is 12.0. The van der Waals surface area contributed by atoms with Crippen molar-refractivity contribution in [2.75, 3.05) is 11.9 Å². The molecule has 0 fully saturated rings. The van der Waals surface area contributed by atoms with Crippen LogP contribution in [0.5, 0.6) is 0 Å². The highest BCUT2D eigenvalue weighted by molar-refractivity contribution is 6.31. The number of anilines is 1. The Morgan fingerprint density at radius 3 is 2.67 bits per heavy atom. The Labute approximate surface area is 130 Å². The van der Waals surface area contributed by atoms with E-state index in [4.69, 9.17) is 11.6 Å². The van der Waals surface area contributed by atoms with E-state index in [1.165, 1.54) is 5.56 Å². The first-order valence-corrected chi connectivity index (χ1v) is 7.33. The second kappa shape index (κ2) is 7.81. The third-order valence-corrected chi connectivity index (χ3v) is 3.41. The van der Waals surface area contributed by atoms with Crippen molar-refractivity contribution in [3.8, 4) is 0 Å². The van der Waals surface area contributed by atoms with Crippen LogP contribution >= 0.6 is 11.6 Å². The van der Waals surface area contributed by atoms with Crippen molar-refractivity contribution in [1.29, 1.82) is 0 Å². The van der Waals surface area contributed by atoms with Crippen molar-refractivity contribution in [3.63, 3.8) is 0 Å². The molecule has 0 heterocycles. The molecule has 2 rings (SSSR count). The minimum absolute atomic E-state index is 0.0130. The Kier molecular flexibility index (Phi) is 5.78. The largest absolute Gasteiger partial charge is 0.326 e. The van der Waals surface area contributed by atoms with Crippen molar-refractivity contribution in [1.82, 2.24) is 5.32 Å². The average Bonchev–Trinajstić information content (AvgIpc) is 2.48. The number of halogens is 1. The molecule has 0 aliphatic heterocycles. The summed E-state index contributed by atoms with van der Waals surface area (Å²) in [6.45, 7) is 3.35. The first kappa shape index (κ1) is 15.5. The SMILES string of the molecule is Cc1ccc(Cl)cc1NC(=O)CCNCc1ccccc1. The van der Waals surface area contributed by atoms with Crippen LogP contribution in [-0.4, -0.2) is 12.5 Å². The van der Waals surface area contributed by atoms with E-state index in [9.17, 15) is 4.79 Å². The van der Waals surface area contributed by atoms with Crippen LogP contribution in [0.25, 0.3) is 0 Å². The standard InChI is InChI=1S/C17H19ClN2O/c1-13-7-8-15(18)11-16(13)20-17(21)9-10-19-12-14-5-3-2-4-6-14/h2-8,11,19H,9-10,12H2,1H3,(H,20,21). The lowest BCUT2D eigenvalue weighted by Gasteiger charge is -2.09. The van der Waals surface area contributed by atoms with Gasteiger partial charge in [0.2, 0.25) is 5.91 Å². The Hall–Kier alpha value is -1.84. The molecule has 0 radical (unpaired) electrons. The maximum atomic E-state index is 11.9. The third-order valence-electron chi connectivity index (χ3n) is 3.17. The van der Waals surface area contributed by atoms with E-state index in [2.05, 4.69) is 22.8 Å². The second-order valence-corrected chi connectivity index (χ2v) is 5.36. The fraction of sp³-hybridized carbons (Fsp3) is 0.235. The molecule has 4 heteroatoms. The van der Waals surface area contributed by atoms with Crippen molar-refractivity contribution in [3.05, 3.63) is 64.7 Å². The van der Waals surface area contributed by atoms with E-state index in [0.717, 1.165) is 17.8 Å². The molecule has 1 amide bonds. The molecule has 0 aliphatic carbocycles. The van der Waals surface area contributed by atoms with Crippen LogP contribution in [0.4, 0.5) is 5.69 Å². The van der Waals surface area contributed by atoms with Gasteiger partial charge in [-0.1, -0.05) is 48.0 Å². The van der Waals surface area contributed by atoms with Crippen molar-refractivity contribution in [2.24, 2.45) is 0 Å². The lowest BCUT2D eigenvalue weighted by atomic mass is 10.2. The molecule has 0 spiro atoms. The Bertz CT molecular complexity index is 599. The molecule has 0 bridgehead atoms. The summed E-state index contributed by atoms with van der Waals surface area (Å²) in [5.74, 6) is -0.0130. The fourth-order valence-electron chi connectivity index (χ4n) is 1.97. The van der Waals surface area contributed by atoms with E-state index < -0.39 is 0 Å². The van der Waals surface area contributed by atoms with Crippen LogP contribution in [0.2, 0.25) is 5.02 Å². The quantitative estimate of drug-likeness (QED) is 0.798. The molecule has 0 atom stereocenters. The molecular formula is C17H19ClN2O. The number of nitrogens with one attached hydrogen (secondary N) is 2. The zero-order valence-corrected chi connectivity index (χ0v) is 12.8. The molecule has 2 aromatic rings. The fourth-order valence-corrected chi connectivity index (χ4v) is 2.14. The second-order valence-electron chi connectivity index (χ2n) is 4.92. The maximum Gasteiger partial charge on any atom is 0.225 e. The van der Waals surface area contributed by atoms with Gasteiger partial charge in [0.05, 0.1) is 0 Å². The minimum atomic E-state index is -0.0130. The molecule has 0 unspecified atom stereocenters. The zero-order chi connectivity index (χ0) is 15.1. The normalized spacial score (nSPS) is 10.4. The summed E-state index contributed by atoms with van der Waals surface area (Å²) in [5.41, 5.74) is 2.99. The summed E-state index contributed by atoms with van der Waals surface area (Å²) < 4.78 is 0. The summed E-state index contributed by atoms with van der Waals surface area (Å²) in [6.07, 6.45) is 0.429. The Balaban J connectivity index is 1.74. The van der Waals surface area contributed by atoms with Gasteiger partial charge in [-0.05, 0) is 30.2 Å². The van der Waals surface area contributed by atoms with Crippen LogP contribution in [0, 0.1) is 6.92 Å². The van der Waals surface area contributed by atoms with Crippen molar-refractivity contribution < 1.29 is 4.79 Å². The smallest absolute Gasteiger partial charge is 0.225 e. The first-order chi connectivity index (χ1) is 10.1. The lowest BCUT2D eigenvalue weighted by molar-refractivity contribution is -0.116. The Morgan fingerprint density at radius 2 is 1.90 bits per heavy atom. The number of aryl methyl sites for hydroxylation is 1. The van der Waals surface area contributed by atoms with Gasteiger partial charge in [0.1, 0.15) is 0 Å². The van der Waals surface area contributed by atoms with Gasteiger partial charge in [-0.3, -0.25) is 4.79 Å². The predicted molar refractivity (Wildman–Crippen MR) is 87.6 cm³/mol. The topological polar surface area (TPSA) is 41.1 Å². The third kappa shape index (κ3) is 5.21. The van der Waals surface area contributed by atoms with Gasteiger partial charge in [0.15, 0.2) is 0 Å². The number of amides is 1. The van der Waals surface area contributed by atoms with Crippen LogP contribution in [0.15, 0.2) is 48.5 Å². The minimum Gasteiger partial charge on any atom is -0.326 e. The van der Waals surface area contributed by atoms with Crippen molar-refractivity contribution in [2.45, 2.75) is 19.9 Å². The van der Waals surface area contributed by atoms with Crippen LogP contribution < -0.4 is 10.6 Å². The molecule has 0 saturated heterocycles. The van der Waals surface area contributed by atoms with Crippen LogP contribution in [-0.2, 0) is 11.3 Å². The molecule has 0 aromatic heterocycles. The first-order valence-electron chi connectivity index (χ1n) is 6.96. The number of benzene rings is 2. The molecule has 0 saturated carbocycles. The number of rotatable bonds is 6.